The molecule has 2 rings (SSSR count). The van der Waals surface area contributed by atoms with Crippen LogP contribution in [0.3, 0.4) is 0 Å². The molecule has 0 spiro atoms. The number of rotatable bonds is 4. The topological polar surface area (TPSA) is 75.3 Å². The van der Waals surface area contributed by atoms with Crippen molar-refractivity contribution in [2.24, 2.45) is 0 Å². The molecule has 5 heteroatoms. The summed E-state index contributed by atoms with van der Waals surface area (Å²) in [6, 6.07) is 11.9. The van der Waals surface area contributed by atoms with Gasteiger partial charge in [0.2, 0.25) is 0 Å². The van der Waals surface area contributed by atoms with Crippen molar-refractivity contribution in [2.75, 3.05) is 12.3 Å². The highest BCUT2D eigenvalue weighted by Crippen LogP contribution is 2.23. The SMILES string of the molecule is Nc1ccc(CCNC(=O)c2ccc(O)c(Cl)c2)cc1. The normalized spacial score (nSPS) is 10.2. The third kappa shape index (κ3) is 3.65. The second kappa shape index (κ2) is 6.30. The van der Waals surface area contributed by atoms with Crippen LogP contribution in [0.5, 0.6) is 5.75 Å². The summed E-state index contributed by atoms with van der Waals surface area (Å²) in [7, 11) is 0. The quantitative estimate of drug-likeness (QED) is 0.758. The van der Waals surface area contributed by atoms with Crippen LogP contribution in [0.4, 0.5) is 5.69 Å². The number of aromatic hydroxyl groups is 1. The minimum absolute atomic E-state index is 0.0370. The van der Waals surface area contributed by atoms with Crippen molar-refractivity contribution in [3.05, 3.63) is 58.6 Å². The molecule has 0 fully saturated rings. The summed E-state index contributed by atoms with van der Waals surface area (Å²) >= 11 is 5.76. The summed E-state index contributed by atoms with van der Waals surface area (Å²) in [6.45, 7) is 0.515. The molecule has 1 amide bonds. The standard InChI is InChI=1S/C15H15ClN2O2/c16-13-9-11(3-6-14(13)19)15(20)18-8-7-10-1-4-12(17)5-2-10/h1-6,9,19H,7-8,17H2,(H,18,20). The summed E-state index contributed by atoms with van der Waals surface area (Å²) in [5.41, 5.74) is 7.84. The van der Waals surface area contributed by atoms with E-state index in [2.05, 4.69) is 5.32 Å². The highest BCUT2D eigenvalue weighted by Gasteiger charge is 2.07. The number of nitrogens with two attached hydrogens (primary N) is 1. The van der Waals surface area contributed by atoms with E-state index in [9.17, 15) is 9.90 Å². The molecule has 2 aromatic carbocycles. The van der Waals surface area contributed by atoms with Gasteiger partial charge in [-0.15, -0.1) is 0 Å². The largest absolute Gasteiger partial charge is 0.506 e. The maximum Gasteiger partial charge on any atom is 0.251 e. The van der Waals surface area contributed by atoms with Crippen molar-refractivity contribution in [1.29, 1.82) is 0 Å². The summed E-state index contributed by atoms with van der Waals surface area (Å²) in [4.78, 5) is 11.9. The molecule has 0 bridgehead atoms. The third-order valence-corrected chi connectivity index (χ3v) is 3.19. The monoisotopic (exact) mass is 290 g/mol. The fourth-order valence-corrected chi connectivity index (χ4v) is 1.94. The second-order valence-electron chi connectivity index (χ2n) is 4.41. The first-order chi connectivity index (χ1) is 9.56. The van der Waals surface area contributed by atoms with E-state index < -0.39 is 0 Å². The molecule has 0 aliphatic carbocycles. The van der Waals surface area contributed by atoms with Crippen molar-refractivity contribution >= 4 is 23.2 Å². The van der Waals surface area contributed by atoms with E-state index in [1.54, 1.807) is 0 Å². The molecule has 0 aliphatic heterocycles. The Labute approximate surface area is 122 Å². The van der Waals surface area contributed by atoms with E-state index >= 15 is 0 Å². The molecule has 0 radical (unpaired) electrons. The summed E-state index contributed by atoms with van der Waals surface area (Å²) < 4.78 is 0. The number of anilines is 1. The highest BCUT2D eigenvalue weighted by atomic mass is 35.5. The highest BCUT2D eigenvalue weighted by molar-refractivity contribution is 6.32. The number of halogens is 1. The number of nitrogens with one attached hydrogen (secondary N) is 1. The van der Waals surface area contributed by atoms with Gasteiger partial charge in [-0.1, -0.05) is 23.7 Å². The number of nitrogen functional groups attached to an aromatic ring is 1. The fraction of sp³-hybridized carbons (Fsp3) is 0.133. The van der Waals surface area contributed by atoms with Gasteiger partial charge in [-0.05, 0) is 42.3 Å². The Hall–Kier alpha value is -2.20. The Morgan fingerprint density at radius 2 is 1.90 bits per heavy atom. The van der Waals surface area contributed by atoms with Crippen molar-refractivity contribution in [3.63, 3.8) is 0 Å². The van der Waals surface area contributed by atoms with E-state index in [1.165, 1.54) is 18.2 Å². The first kappa shape index (κ1) is 14.2. The average Bonchev–Trinajstić information content (AvgIpc) is 2.44. The molecule has 0 atom stereocenters. The van der Waals surface area contributed by atoms with Gasteiger partial charge in [0.25, 0.3) is 5.91 Å². The predicted octanol–water partition coefficient (Wildman–Crippen LogP) is 2.60. The molecule has 0 aliphatic rings. The van der Waals surface area contributed by atoms with Gasteiger partial charge in [0.15, 0.2) is 0 Å². The predicted molar refractivity (Wildman–Crippen MR) is 80.0 cm³/mol. The number of phenolic OH excluding ortho intramolecular Hbond substituents is 1. The van der Waals surface area contributed by atoms with Gasteiger partial charge in [-0.25, -0.2) is 0 Å². The number of benzene rings is 2. The Bertz CT molecular complexity index is 612. The van der Waals surface area contributed by atoms with Gasteiger partial charge >= 0.3 is 0 Å². The fourth-order valence-electron chi connectivity index (χ4n) is 1.75. The van der Waals surface area contributed by atoms with E-state index in [0.717, 1.165) is 17.7 Å². The van der Waals surface area contributed by atoms with Crippen LogP contribution in [0.25, 0.3) is 0 Å². The molecule has 4 nitrogen and oxygen atoms in total. The smallest absolute Gasteiger partial charge is 0.251 e. The molecule has 4 N–H and O–H groups in total. The van der Waals surface area contributed by atoms with Crippen LogP contribution < -0.4 is 11.1 Å². The van der Waals surface area contributed by atoms with E-state index in [4.69, 9.17) is 17.3 Å². The molecule has 0 unspecified atom stereocenters. The summed E-state index contributed by atoms with van der Waals surface area (Å²) in [5, 5.41) is 12.3. The molecular weight excluding hydrogens is 276 g/mol. The number of hydrogen-bond acceptors (Lipinski definition) is 3. The van der Waals surface area contributed by atoms with Gasteiger partial charge < -0.3 is 16.2 Å². The van der Waals surface area contributed by atoms with Crippen LogP contribution in [-0.2, 0) is 6.42 Å². The van der Waals surface area contributed by atoms with Crippen LogP contribution in [-0.4, -0.2) is 17.6 Å². The first-order valence-corrected chi connectivity index (χ1v) is 6.55. The lowest BCUT2D eigenvalue weighted by molar-refractivity contribution is 0.0954. The van der Waals surface area contributed by atoms with Crippen LogP contribution >= 0.6 is 11.6 Å². The zero-order valence-electron chi connectivity index (χ0n) is 10.8. The van der Waals surface area contributed by atoms with Crippen LogP contribution in [0.2, 0.25) is 5.02 Å². The van der Waals surface area contributed by atoms with Crippen LogP contribution in [0.1, 0.15) is 15.9 Å². The minimum atomic E-state index is -0.220. The van der Waals surface area contributed by atoms with E-state index in [-0.39, 0.29) is 16.7 Å². The second-order valence-corrected chi connectivity index (χ2v) is 4.82. The zero-order valence-corrected chi connectivity index (χ0v) is 11.5. The molecule has 0 heterocycles. The molecule has 0 saturated heterocycles. The molecule has 0 aromatic heterocycles. The average molecular weight is 291 g/mol. The van der Waals surface area contributed by atoms with Crippen LogP contribution in [0.15, 0.2) is 42.5 Å². The van der Waals surface area contributed by atoms with E-state index in [1.807, 2.05) is 24.3 Å². The lowest BCUT2D eigenvalue weighted by Crippen LogP contribution is -2.25. The summed E-state index contributed by atoms with van der Waals surface area (Å²) in [5.74, 6) is -0.257. The minimum Gasteiger partial charge on any atom is -0.506 e. The number of amides is 1. The molecular formula is C15H15ClN2O2. The lowest BCUT2D eigenvalue weighted by atomic mass is 10.1. The van der Waals surface area contributed by atoms with Crippen LogP contribution in [0, 0.1) is 0 Å². The van der Waals surface area contributed by atoms with E-state index in [0.29, 0.717) is 12.1 Å². The van der Waals surface area contributed by atoms with Crippen molar-refractivity contribution in [1.82, 2.24) is 5.32 Å². The van der Waals surface area contributed by atoms with Gasteiger partial charge in [0.1, 0.15) is 5.75 Å². The van der Waals surface area contributed by atoms with Gasteiger partial charge in [0.05, 0.1) is 5.02 Å². The molecule has 104 valence electrons. The maximum atomic E-state index is 11.9. The number of carbonyl (C=O) groups excluding carboxylic acids is 1. The van der Waals surface area contributed by atoms with Crippen molar-refractivity contribution in [3.8, 4) is 5.75 Å². The van der Waals surface area contributed by atoms with Gasteiger partial charge in [-0.2, -0.15) is 0 Å². The molecule has 20 heavy (non-hydrogen) atoms. The maximum absolute atomic E-state index is 11.9. The Balaban J connectivity index is 1.88. The third-order valence-electron chi connectivity index (χ3n) is 2.89. The van der Waals surface area contributed by atoms with Crippen molar-refractivity contribution < 1.29 is 9.90 Å². The van der Waals surface area contributed by atoms with Gasteiger partial charge in [0, 0.05) is 17.8 Å². The Kier molecular flexibility index (Phi) is 4.48. The van der Waals surface area contributed by atoms with Crippen molar-refractivity contribution in [2.45, 2.75) is 6.42 Å². The zero-order chi connectivity index (χ0) is 14.5. The molecule has 0 saturated carbocycles. The number of hydrogen-bond donors (Lipinski definition) is 3. The first-order valence-electron chi connectivity index (χ1n) is 6.17. The lowest BCUT2D eigenvalue weighted by Gasteiger charge is -2.06. The van der Waals surface area contributed by atoms with Gasteiger partial charge in [-0.3, -0.25) is 4.79 Å². The molecule has 2 aromatic rings. The Morgan fingerprint density at radius 3 is 2.55 bits per heavy atom. The Morgan fingerprint density at radius 1 is 1.20 bits per heavy atom. The number of phenols is 1. The summed E-state index contributed by atoms with van der Waals surface area (Å²) in [6.07, 6.45) is 0.720. The number of carbonyl (C=O) groups is 1.